The summed E-state index contributed by atoms with van der Waals surface area (Å²) in [4.78, 5) is 12.9. The monoisotopic (exact) mass is 365 g/mol. The molecule has 2 aromatic carbocycles. The number of nitrogens with one attached hydrogen (secondary N) is 1. The summed E-state index contributed by atoms with van der Waals surface area (Å²) in [6.45, 7) is 5.78. The standard InChI is InChI=1S/C21H23N3O3/c1-13-6-8-16(9-7-13)24-20(11-15(3)23-24)22-21(25)17-12-19(27-5)18(26-4)10-14(17)2/h6-12H,1-5H3,(H,22,25). The lowest BCUT2D eigenvalue weighted by Gasteiger charge is -2.13. The molecule has 6 nitrogen and oxygen atoms in total. The van der Waals surface area contributed by atoms with Crippen LogP contribution in [0.3, 0.4) is 0 Å². The molecule has 0 aliphatic heterocycles. The summed E-state index contributed by atoms with van der Waals surface area (Å²) in [7, 11) is 3.12. The van der Waals surface area contributed by atoms with Crippen LogP contribution in [0.15, 0.2) is 42.5 Å². The van der Waals surface area contributed by atoms with Crippen molar-refractivity contribution in [2.24, 2.45) is 0 Å². The maximum Gasteiger partial charge on any atom is 0.257 e. The van der Waals surface area contributed by atoms with Gasteiger partial charge in [0.25, 0.3) is 5.91 Å². The fourth-order valence-corrected chi connectivity index (χ4v) is 2.88. The minimum absolute atomic E-state index is 0.235. The highest BCUT2D eigenvalue weighted by Gasteiger charge is 2.17. The first-order valence-corrected chi connectivity index (χ1v) is 8.60. The van der Waals surface area contributed by atoms with E-state index >= 15 is 0 Å². The van der Waals surface area contributed by atoms with Crippen LogP contribution in [0.1, 0.15) is 27.2 Å². The quantitative estimate of drug-likeness (QED) is 0.740. The van der Waals surface area contributed by atoms with Crippen LogP contribution < -0.4 is 14.8 Å². The van der Waals surface area contributed by atoms with Gasteiger partial charge in [0.2, 0.25) is 0 Å². The number of methoxy groups -OCH3 is 2. The second-order valence-corrected chi connectivity index (χ2v) is 6.39. The van der Waals surface area contributed by atoms with Gasteiger partial charge in [-0.3, -0.25) is 4.79 Å². The molecule has 3 rings (SSSR count). The fraction of sp³-hybridized carbons (Fsp3) is 0.238. The van der Waals surface area contributed by atoms with Crippen molar-refractivity contribution >= 4 is 11.7 Å². The molecule has 0 saturated carbocycles. The first kappa shape index (κ1) is 18.5. The summed E-state index contributed by atoms with van der Waals surface area (Å²) >= 11 is 0. The lowest BCUT2D eigenvalue weighted by atomic mass is 10.1. The third kappa shape index (κ3) is 3.79. The smallest absolute Gasteiger partial charge is 0.257 e. The number of amides is 1. The SMILES string of the molecule is COc1cc(C)c(C(=O)Nc2cc(C)nn2-c2ccc(C)cc2)cc1OC. The Morgan fingerprint density at radius 3 is 2.22 bits per heavy atom. The maximum atomic E-state index is 12.9. The Morgan fingerprint density at radius 2 is 1.59 bits per heavy atom. The van der Waals surface area contributed by atoms with E-state index in [-0.39, 0.29) is 5.91 Å². The van der Waals surface area contributed by atoms with Crippen molar-refractivity contribution in [3.63, 3.8) is 0 Å². The molecule has 0 aliphatic carbocycles. The molecule has 6 heteroatoms. The van der Waals surface area contributed by atoms with Gasteiger partial charge in [-0.25, -0.2) is 4.68 Å². The minimum Gasteiger partial charge on any atom is -0.493 e. The van der Waals surface area contributed by atoms with E-state index in [1.54, 1.807) is 31.0 Å². The number of aromatic nitrogens is 2. The van der Waals surface area contributed by atoms with Gasteiger partial charge in [-0.05, 0) is 50.6 Å². The molecular formula is C21H23N3O3. The molecule has 3 aromatic rings. The largest absolute Gasteiger partial charge is 0.493 e. The van der Waals surface area contributed by atoms with E-state index in [1.807, 2.05) is 51.1 Å². The summed E-state index contributed by atoms with van der Waals surface area (Å²) in [6, 6.07) is 13.3. The molecular weight excluding hydrogens is 342 g/mol. The van der Waals surface area contributed by atoms with Gasteiger partial charge >= 0.3 is 0 Å². The van der Waals surface area contributed by atoms with Crippen LogP contribution in [0, 0.1) is 20.8 Å². The molecule has 0 atom stereocenters. The van der Waals surface area contributed by atoms with Gasteiger partial charge in [0.05, 0.1) is 25.6 Å². The zero-order valence-electron chi connectivity index (χ0n) is 16.2. The van der Waals surface area contributed by atoms with E-state index in [1.165, 1.54) is 0 Å². The molecule has 140 valence electrons. The lowest BCUT2D eigenvalue weighted by Crippen LogP contribution is -2.16. The van der Waals surface area contributed by atoms with Gasteiger partial charge in [-0.1, -0.05) is 17.7 Å². The van der Waals surface area contributed by atoms with Crippen molar-refractivity contribution < 1.29 is 14.3 Å². The molecule has 1 N–H and O–H groups in total. The number of hydrogen-bond donors (Lipinski definition) is 1. The number of nitrogens with zero attached hydrogens (tertiary/aromatic N) is 2. The van der Waals surface area contributed by atoms with Crippen LogP contribution in [-0.4, -0.2) is 29.9 Å². The summed E-state index contributed by atoms with van der Waals surface area (Å²) in [6.07, 6.45) is 0. The second-order valence-electron chi connectivity index (χ2n) is 6.39. The molecule has 1 amide bonds. The Hall–Kier alpha value is -3.28. The number of ether oxygens (including phenoxy) is 2. The van der Waals surface area contributed by atoms with Gasteiger partial charge in [0.15, 0.2) is 11.5 Å². The molecule has 0 unspecified atom stereocenters. The van der Waals surface area contributed by atoms with Crippen molar-refractivity contribution in [1.82, 2.24) is 9.78 Å². The topological polar surface area (TPSA) is 65.4 Å². The number of hydrogen-bond acceptors (Lipinski definition) is 4. The average molecular weight is 365 g/mol. The van der Waals surface area contributed by atoms with Gasteiger partial charge in [0, 0.05) is 11.6 Å². The maximum absolute atomic E-state index is 12.9. The molecule has 1 heterocycles. The Kier molecular flexibility index (Phi) is 5.16. The van der Waals surface area contributed by atoms with E-state index in [4.69, 9.17) is 9.47 Å². The highest BCUT2D eigenvalue weighted by molar-refractivity contribution is 6.05. The van der Waals surface area contributed by atoms with Crippen LogP contribution in [-0.2, 0) is 0 Å². The van der Waals surface area contributed by atoms with Crippen molar-refractivity contribution in [2.75, 3.05) is 19.5 Å². The third-order valence-corrected chi connectivity index (χ3v) is 4.33. The highest BCUT2D eigenvalue weighted by atomic mass is 16.5. The van der Waals surface area contributed by atoms with E-state index < -0.39 is 0 Å². The van der Waals surface area contributed by atoms with E-state index in [2.05, 4.69) is 10.4 Å². The highest BCUT2D eigenvalue weighted by Crippen LogP contribution is 2.30. The van der Waals surface area contributed by atoms with Crippen LogP contribution in [0.4, 0.5) is 5.82 Å². The molecule has 0 aliphatic rings. The first-order valence-electron chi connectivity index (χ1n) is 8.60. The zero-order chi connectivity index (χ0) is 19.6. The molecule has 27 heavy (non-hydrogen) atoms. The summed E-state index contributed by atoms with van der Waals surface area (Å²) in [5, 5.41) is 7.45. The molecule has 0 spiro atoms. The zero-order valence-corrected chi connectivity index (χ0v) is 16.2. The van der Waals surface area contributed by atoms with Crippen molar-refractivity contribution in [2.45, 2.75) is 20.8 Å². The van der Waals surface area contributed by atoms with Crippen molar-refractivity contribution in [3.8, 4) is 17.2 Å². The van der Waals surface area contributed by atoms with Crippen LogP contribution in [0.2, 0.25) is 0 Å². The average Bonchev–Trinajstić information content (AvgIpc) is 3.02. The van der Waals surface area contributed by atoms with E-state index in [0.29, 0.717) is 22.9 Å². The Labute approximate surface area is 158 Å². The number of rotatable bonds is 5. The Balaban J connectivity index is 1.94. The van der Waals surface area contributed by atoms with Gasteiger partial charge < -0.3 is 14.8 Å². The normalized spacial score (nSPS) is 10.6. The number of carbonyl (C=O) groups excluding carboxylic acids is 1. The predicted octanol–water partition coefficient (Wildman–Crippen LogP) is 4.07. The number of aryl methyl sites for hydroxylation is 3. The predicted molar refractivity (Wildman–Crippen MR) is 105 cm³/mol. The molecule has 0 bridgehead atoms. The summed E-state index contributed by atoms with van der Waals surface area (Å²) < 4.78 is 12.3. The van der Waals surface area contributed by atoms with Crippen LogP contribution in [0.5, 0.6) is 11.5 Å². The Morgan fingerprint density at radius 1 is 0.963 bits per heavy atom. The van der Waals surface area contributed by atoms with Crippen molar-refractivity contribution in [3.05, 3.63) is 64.8 Å². The van der Waals surface area contributed by atoms with Gasteiger partial charge in [-0.2, -0.15) is 5.10 Å². The Bertz CT molecular complexity index is 975. The number of anilines is 1. The lowest BCUT2D eigenvalue weighted by molar-refractivity contribution is 0.102. The van der Waals surface area contributed by atoms with Crippen LogP contribution in [0.25, 0.3) is 5.69 Å². The molecule has 1 aromatic heterocycles. The third-order valence-electron chi connectivity index (χ3n) is 4.33. The van der Waals surface area contributed by atoms with Crippen molar-refractivity contribution in [1.29, 1.82) is 0 Å². The fourth-order valence-electron chi connectivity index (χ4n) is 2.88. The number of carbonyl (C=O) groups is 1. The molecule has 0 fully saturated rings. The van der Waals surface area contributed by atoms with Gasteiger partial charge in [-0.15, -0.1) is 0 Å². The molecule has 0 radical (unpaired) electrons. The van der Waals surface area contributed by atoms with E-state index in [0.717, 1.165) is 22.5 Å². The van der Waals surface area contributed by atoms with Crippen LogP contribution >= 0.6 is 0 Å². The first-order chi connectivity index (χ1) is 12.9. The van der Waals surface area contributed by atoms with E-state index in [9.17, 15) is 4.79 Å². The summed E-state index contributed by atoms with van der Waals surface area (Å²) in [5.41, 5.74) is 4.17. The summed E-state index contributed by atoms with van der Waals surface area (Å²) in [5.74, 6) is 1.47. The minimum atomic E-state index is -0.235. The van der Waals surface area contributed by atoms with Gasteiger partial charge in [0.1, 0.15) is 5.82 Å². The number of benzene rings is 2. The molecule has 0 saturated heterocycles. The second kappa shape index (κ2) is 7.53.